The van der Waals surface area contributed by atoms with Crippen LogP contribution in [0.2, 0.25) is 0 Å². The summed E-state index contributed by atoms with van der Waals surface area (Å²) in [6, 6.07) is 0.866. The van der Waals surface area contributed by atoms with Crippen molar-refractivity contribution in [1.82, 2.24) is 35.9 Å². The number of H-pyrrole nitrogens is 2. The van der Waals surface area contributed by atoms with Crippen LogP contribution >= 0.6 is 0 Å². The fraction of sp³-hybridized carbons (Fsp3) is 0.600. The predicted octanol–water partition coefficient (Wildman–Crippen LogP) is -0.224. The number of nitrogens with one attached hydrogen (secondary N) is 3. The van der Waals surface area contributed by atoms with Crippen LogP contribution in [0.5, 0.6) is 0 Å². The molecule has 1 aliphatic rings. The van der Waals surface area contributed by atoms with Crippen molar-refractivity contribution < 1.29 is 0 Å². The second kappa shape index (κ2) is 4.37. The lowest BCUT2D eigenvalue weighted by atomic mass is 10.1. The monoisotopic (exact) mass is 248 g/mol. The van der Waals surface area contributed by atoms with E-state index in [1.807, 2.05) is 0 Å². The zero-order chi connectivity index (χ0) is 12.5. The van der Waals surface area contributed by atoms with E-state index < -0.39 is 0 Å². The summed E-state index contributed by atoms with van der Waals surface area (Å²) in [6.07, 6.45) is 1.62. The number of piperazine rings is 1. The molecule has 0 aliphatic carbocycles. The first-order valence-corrected chi connectivity index (χ1v) is 6.02. The molecule has 8 nitrogen and oxygen atoms in total. The van der Waals surface area contributed by atoms with Gasteiger partial charge in [-0.25, -0.2) is 0 Å². The number of nitrogens with zero attached hydrogens (tertiary/aromatic N) is 5. The summed E-state index contributed by atoms with van der Waals surface area (Å²) in [5, 5.41) is 20.9. The van der Waals surface area contributed by atoms with Crippen molar-refractivity contribution in [2.45, 2.75) is 25.9 Å². The minimum absolute atomic E-state index is 0.433. The Morgan fingerprint density at radius 1 is 1.22 bits per heavy atom. The van der Waals surface area contributed by atoms with Crippen LogP contribution in [0.25, 0.3) is 11.5 Å². The third kappa shape index (κ3) is 2.06. The van der Waals surface area contributed by atoms with E-state index in [1.165, 1.54) is 0 Å². The summed E-state index contributed by atoms with van der Waals surface area (Å²) in [5.74, 6) is 1.35. The summed E-state index contributed by atoms with van der Waals surface area (Å²) < 4.78 is 0. The van der Waals surface area contributed by atoms with Gasteiger partial charge in [-0.2, -0.15) is 20.4 Å². The average molecular weight is 248 g/mol. The third-order valence-corrected chi connectivity index (χ3v) is 2.97. The summed E-state index contributed by atoms with van der Waals surface area (Å²) in [7, 11) is 0. The molecule has 18 heavy (non-hydrogen) atoms. The highest BCUT2D eigenvalue weighted by molar-refractivity contribution is 5.49. The highest BCUT2D eigenvalue weighted by Crippen LogP contribution is 2.16. The molecule has 2 aromatic heterocycles. The first-order chi connectivity index (χ1) is 8.72. The van der Waals surface area contributed by atoms with E-state index in [4.69, 9.17) is 0 Å². The molecule has 8 heteroatoms. The normalized spacial score (nSPS) is 24.4. The summed E-state index contributed by atoms with van der Waals surface area (Å²) in [4.78, 5) is 6.63. The maximum atomic E-state index is 4.45. The van der Waals surface area contributed by atoms with Gasteiger partial charge in [0.15, 0.2) is 5.82 Å². The zero-order valence-corrected chi connectivity index (χ0v) is 10.4. The predicted molar refractivity (Wildman–Crippen MR) is 66.0 cm³/mol. The number of hydrogen-bond donors (Lipinski definition) is 3. The molecular weight excluding hydrogens is 232 g/mol. The van der Waals surface area contributed by atoms with Gasteiger partial charge in [0.05, 0.1) is 6.20 Å². The van der Waals surface area contributed by atoms with Crippen LogP contribution in [0.4, 0.5) is 5.95 Å². The van der Waals surface area contributed by atoms with Gasteiger partial charge in [0, 0.05) is 25.2 Å². The molecule has 3 heterocycles. The summed E-state index contributed by atoms with van der Waals surface area (Å²) >= 11 is 0. The molecule has 1 saturated heterocycles. The van der Waals surface area contributed by atoms with E-state index in [9.17, 15) is 0 Å². The number of aromatic amines is 2. The fourth-order valence-corrected chi connectivity index (χ4v) is 2.31. The van der Waals surface area contributed by atoms with Crippen molar-refractivity contribution in [2.75, 3.05) is 18.0 Å². The molecule has 2 aromatic rings. The van der Waals surface area contributed by atoms with Crippen molar-refractivity contribution in [2.24, 2.45) is 0 Å². The lowest BCUT2D eigenvalue weighted by Gasteiger charge is -2.35. The van der Waals surface area contributed by atoms with Gasteiger partial charge in [0.1, 0.15) is 5.69 Å². The molecule has 0 radical (unpaired) electrons. The van der Waals surface area contributed by atoms with Crippen molar-refractivity contribution in [3.63, 3.8) is 0 Å². The minimum Gasteiger partial charge on any atom is -0.336 e. The van der Waals surface area contributed by atoms with E-state index in [0.717, 1.165) is 13.1 Å². The molecule has 0 bridgehead atoms. The Morgan fingerprint density at radius 2 is 2.00 bits per heavy atom. The molecule has 1 fully saturated rings. The molecule has 0 amide bonds. The van der Waals surface area contributed by atoms with E-state index in [0.29, 0.717) is 29.6 Å². The SMILES string of the molecule is CC1CN(c2n[nH]c(-c3cn[nH]n3)n2)CC(C)N1. The second-order valence-electron chi connectivity index (χ2n) is 4.71. The van der Waals surface area contributed by atoms with Crippen LogP contribution < -0.4 is 10.2 Å². The number of anilines is 1. The van der Waals surface area contributed by atoms with Gasteiger partial charge in [-0.05, 0) is 13.8 Å². The first kappa shape index (κ1) is 11.1. The van der Waals surface area contributed by atoms with Crippen LogP contribution in [0.1, 0.15) is 13.8 Å². The zero-order valence-electron chi connectivity index (χ0n) is 10.4. The maximum Gasteiger partial charge on any atom is 0.245 e. The number of rotatable bonds is 2. The quantitative estimate of drug-likeness (QED) is 0.679. The number of aromatic nitrogens is 6. The third-order valence-electron chi connectivity index (χ3n) is 2.97. The summed E-state index contributed by atoms with van der Waals surface area (Å²) in [5.41, 5.74) is 0.671. The molecule has 0 spiro atoms. The minimum atomic E-state index is 0.433. The van der Waals surface area contributed by atoms with Gasteiger partial charge in [0.25, 0.3) is 0 Å². The van der Waals surface area contributed by atoms with Crippen molar-refractivity contribution in [1.29, 1.82) is 0 Å². The highest BCUT2D eigenvalue weighted by atomic mass is 15.4. The lowest BCUT2D eigenvalue weighted by molar-refractivity contribution is 0.403. The molecule has 0 aromatic carbocycles. The van der Waals surface area contributed by atoms with Gasteiger partial charge in [-0.15, -0.1) is 5.10 Å². The van der Waals surface area contributed by atoms with Crippen LogP contribution in [-0.4, -0.2) is 55.8 Å². The Balaban J connectivity index is 1.80. The van der Waals surface area contributed by atoms with E-state index in [2.05, 4.69) is 54.7 Å². The molecular formula is C10H16N8. The fourth-order valence-electron chi connectivity index (χ4n) is 2.31. The van der Waals surface area contributed by atoms with Gasteiger partial charge >= 0.3 is 0 Å². The van der Waals surface area contributed by atoms with Gasteiger partial charge in [-0.3, -0.25) is 5.10 Å². The van der Waals surface area contributed by atoms with Crippen molar-refractivity contribution >= 4 is 5.95 Å². The second-order valence-corrected chi connectivity index (χ2v) is 4.71. The molecule has 3 rings (SSSR count). The smallest absolute Gasteiger partial charge is 0.245 e. The molecule has 2 atom stereocenters. The molecule has 0 saturated carbocycles. The molecule has 3 N–H and O–H groups in total. The van der Waals surface area contributed by atoms with Crippen LogP contribution in [0.15, 0.2) is 6.20 Å². The molecule has 1 aliphatic heterocycles. The Labute approximate surface area is 104 Å². The number of hydrogen-bond acceptors (Lipinski definition) is 6. The van der Waals surface area contributed by atoms with Crippen LogP contribution in [0.3, 0.4) is 0 Å². The highest BCUT2D eigenvalue weighted by Gasteiger charge is 2.24. The Bertz CT molecular complexity index is 494. The Hall–Kier alpha value is -1.96. The van der Waals surface area contributed by atoms with Crippen molar-refractivity contribution in [3.05, 3.63) is 6.20 Å². The average Bonchev–Trinajstić information content (AvgIpc) is 2.99. The van der Waals surface area contributed by atoms with E-state index in [-0.39, 0.29) is 0 Å². The van der Waals surface area contributed by atoms with Crippen molar-refractivity contribution in [3.8, 4) is 11.5 Å². The molecule has 96 valence electrons. The van der Waals surface area contributed by atoms with Gasteiger partial charge in [-0.1, -0.05) is 0 Å². The summed E-state index contributed by atoms with van der Waals surface area (Å²) in [6.45, 7) is 6.13. The maximum absolute atomic E-state index is 4.45. The Kier molecular flexibility index (Phi) is 2.71. The van der Waals surface area contributed by atoms with E-state index in [1.54, 1.807) is 6.20 Å². The van der Waals surface area contributed by atoms with Crippen LogP contribution in [-0.2, 0) is 0 Å². The molecule has 2 unspecified atom stereocenters. The van der Waals surface area contributed by atoms with Crippen LogP contribution in [0, 0.1) is 0 Å². The lowest BCUT2D eigenvalue weighted by Crippen LogP contribution is -2.54. The van der Waals surface area contributed by atoms with Gasteiger partial charge in [0.2, 0.25) is 5.95 Å². The first-order valence-electron chi connectivity index (χ1n) is 6.02. The van der Waals surface area contributed by atoms with E-state index >= 15 is 0 Å². The van der Waals surface area contributed by atoms with Gasteiger partial charge < -0.3 is 10.2 Å². The standard InChI is InChI=1S/C10H16N8/c1-6-4-18(5-7(2)12-6)10-13-9(15-16-10)8-3-11-17-14-8/h3,6-7,12H,4-5H2,1-2H3,(H,11,14,17)(H,13,15,16). The Morgan fingerprint density at radius 3 is 2.67 bits per heavy atom. The topological polar surface area (TPSA) is 98.4 Å². The largest absolute Gasteiger partial charge is 0.336 e.